The minimum absolute atomic E-state index is 0.0313. The van der Waals surface area contributed by atoms with Crippen molar-refractivity contribution in [2.24, 2.45) is 0 Å². The summed E-state index contributed by atoms with van der Waals surface area (Å²) in [5.74, 6) is 0. The lowest BCUT2D eigenvalue weighted by Gasteiger charge is -2.12. The lowest BCUT2D eigenvalue weighted by atomic mass is 10.1. The molecule has 1 aliphatic carbocycles. The molecule has 1 nitrogen and oxygen atoms in total. The molecular weight excluding hydrogens is 212 g/mol. The highest BCUT2D eigenvalue weighted by molar-refractivity contribution is 9.13. The first-order chi connectivity index (χ1) is 4.72. The Kier molecular flexibility index (Phi) is 1.32. The van der Waals surface area contributed by atoms with Crippen molar-refractivity contribution in [3.63, 3.8) is 0 Å². The van der Waals surface area contributed by atoms with E-state index in [1.54, 1.807) is 18.9 Å². The van der Waals surface area contributed by atoms with Gasteiger partial charge < -0.3 is 4.74 Å². The maximum atomic E-state index is 5.33. The summed E-state index contributed by atoms with van der Waals surface area (Å²) >= 11 is 5.35. The molecule has 10 heavy (non-hydrogen) atoms. The normalized spacial score (nSPS) is 49.0. The van der Waals surface area contributed by atoms with Gasteiger partial charge in [-0.3, -0.25) is 0 Å². The van der Waals surface area contributed by atoms with Crippen LogP contribution in [0.25, 0.3) is 0 Å². The van der Waals surface area contributed by atoms with Crippen LogP contribution < -0.4 is 0 Å². The van der Waals surface area contributed by atoms with E-state index in [-0.39, 0.29) is 8.59 Å². The van der Waals surface area contributed by atoms with Gasteiger partial charge in [0.05, 0.1) is 0 Å². The van der Waals surface area contributed by atoms with Gasteiger partial charge in [-0.15, -0.1) is 0 Å². The van der Waals surface area contributed by atoms with Gasteiger partial charge in [-0.1, -0.05) is 45.9 Å². The Bertz CT molecular complexity index is 226. The first-order valence-corrected chi connectivity index (χ1v) is 4.65. The van der Waals surface area contributed by atoms with Gasteiger partial charge >= 0.3 is 0 Å². The smallest absolute Gasteiger partial charge is 0.162 e. The van der Waals surface area contributed by atoms with Gasteiger partial charge in [-0.05, 0) is 6.08 Å². The van der Waals surface area contributed by atoms with E-state index in [1.807, 2.05) is 12.2 Å². The van der Waals surface area contributed by atoms with Crippen molar-refractivity contribution >= 4 is 27.7 Å². The molecule has 1 saturated heterocycles. The standard InChI is InChI=1S/C7H7BrOS/c1-9-7-5-3-2-4-6(7,8)10-7/h2-5H,1H3. The van der Waals surface area contributed by atoms with Gasteiger partial charge in [0.1, 0.15) is 3.66 Å². The quantitative estimate of drug-likeness (QED) is 0.494. The molecule has 2 rings (SSSR count). The fraction of sp³-hybridized carbons (Fsp3) is 0.429. The molecule has 0 aromatic heterocycles. The van der Waals surface area contributed by atoms with E-state index in [4.69, 9.17) is 4.74 Å². The number of thioether (sulfide) groups is 1. The van der Waals surface area contributed by atoms with Crippen LogP contribution in [0, 0.1) is 0 Å². The van der Waals surface area contributed by atoms with Crippen molar-refractivity contribution in [1.82, 2.24) is 0 Å². The number of alkyl halides is 1. The van der Waals surface area contributed by atoms with Crippen molar-refractivity contribution < 1.29 is 4.74 Å². The second kappa shape index (κ2) is 1.90. The largest absolute Gasteiger partial charge is 0.361 e. The van der Waals surface area contributed by atoms with Crippen molar-refractivity contribution in [2.45, 2.75) is 8.59 Å². The Morgan fingerprint density at radius 2 is 2.10 bits per heavy atom. The third-order valence-corrected chi connectivity index (χ3v) is 4.84. The van der Waals surface area contributed by atoms with Gasteiger partial charge in [0, 0.05) is 7.11 Å². The fourth-order valence-electron chi connectivity index (χ4n) is 1.10. The zero-order valence-corrected chi connectivity index (χ0v) is 7.91. The molecule has 1 fully saturated rings. The number of rotatable bonds is 1. The third kappa shape index (κ3) is 0.684. The van der Waals surface area contributed by atoms with E-state index in [1.165, 1.54) is 0 Å². The summed E-state index contributed by atoms with van der Waals surface area (Å²) in [5.41, 5.74) is 0. The highest BCUT2D eigenvalue weighted by atomic mass is 79.9. The minimum Gasteiger partial charge on any atom is -0.361 e. The van der Waals surface area contributed by atoms with E-state index in [2.05, 4.69) is 28.1 Å². The predicted octanol–water partition coefficient (Wildman–Crippen LogP) is 2.29. The van der Waals surface area contributed by atoms with Crippen LogP contribution in [0.1, 0.15) is 0 Å². The number of hydrogen-bond acceptors (Lipinski definition) is 2. The molecule has 0 aromatic carbocycles. The first kappa shape index (κ1) is 6.95. The van der Waals surface area contributed by atoms with Crippen LogP contribution in [0.5, 0.6) is 0 Å². The van der Waals surface area contributed by atoms with Crippen molar-refractivity contribution in [2.75, 3.05) is 7.11 Å². The molecular formula is C7H7BrOS. The molecule has 1 aliphatic heterocycles. The van der Waals surface area contributed by atoms with Crippen LogP contribution in [-0.2, 0) is 4.74 Å². The number of methoxy groups -OCH3 is 1. The van der Waals surface area contributed by atoms with E-state index >= 15 is 0 Å². The van der Waals surface area contributed by atoms with Gasteiger partial charge in [-0.25, -0.2) is 0 Å². The average Bonchev–Trinajstić information content (AvgIpc) is 2.56. The third-order valence-electron chi connectivity index (χ3n) is 1.77. The minimum atomic E-state index is -0.109. The van der Waals surface area contributed by atoms with Crippen molar-refractivity contribution in [3.8, 4) is 0 Å². The molecule has 0 N–H and O–H groups in total. The lowest BCUT2D eigenvalue weighted by molar-refractivity contribution is 0.139. The van der Waals surface area contributed by atoms with E-state index in [0.717, 1.165) is 0 Å². The van der Waals surface area contributed by atoms with Crippen LogP contribution in [0.2, 0.25) is 0 Å². The topological polar surface area (TPSA) is 9.23 Å². The van der Waals surface area contributed by atoms with E-state index < -0.39 is 0 Å². The summed E-state index contributed by atoms with van der Waals surface area (Å²) in [7, 11) is 1.74. The first-order valence-electron chi connectivity index (χ1n) is 3.04. The summed E-state index contributed by atoms with van der Waals surface area (Å²) in [6.45, 7) is 0. The van der Waals surface area contributed by atoms with Gasteiger partial charge in [0.25, 0.3) is 0 Å². The zero-order chi connectivity index (χ0) is 7.24. The van der Waals surface area contributed by atoms with Crippen molar-refractivity contribution in [3.05, 3.63) is 24.3 Å². The summed E-state index contributed by atoms with van der Waals surface area (Å²) in [4.78, 5) is -0.109. The number of ether oxygens (including phenoxy) is 1. The van der Waals surface area contributed by atoms with Crippen molar-refractivity contribution in [1.29, 1.82) is 0 Å². The average molecular weight is 219 g/mol. The molecule has 54 valence electrons. The molecule has 0 aromatic rings. The lowest BCUT2D eigenvalue weighted by Crippen LogP contribution is -2.20. The Morgan fingerprint density at radius 3 is 2.60 bits per heavy atom. The van der Waals surface area contributed by atoms with Crippen LogP contribution in [0.4, 0.5) is 0 Å². The number of fused-ring (bicyclic) bond motifs is 1. The molecule has 0 saturated carbocycles. The number of hydrogen-bond donors (Lipinski definition) is 0. The second-order valence-electron chi connectivity index (χ2n) is 2.34. The monoisotopic (exact) mass is 218 g/mol. The summed E-state index contributed by atoms with van der Waals surface area (Å²) in [6, 6.07) is 0. The Labute approximate surface area is 72.6 Å². The molecule has 2 unspecified atom stereocenters. The SMILES string of the molecule is COC12C=CC=CC1(Br)S2. The highest BCUT2D eigenvalue weighted by Crippen LogP contribution is 2.70. The molecule has 0 spiro atoms. The molecule has 1 heterocycles. The predicted molar refractivity (Wildman–Crippen MR) is 47.3 cm³/mol. The van der Waals surface area contributed by atoms with Gasteiger partial charge in [0.15, 0.2) is 4.93 Å². The van der Waals surface area contributed by atoms with Crippen LogP contribution in [0.3, 0.4) is 0 Å². The van der Waals surface area contributed by atoms with Crippen LogP contribution >= 0.6 is 27.7 Å². The fourth-order valence-corrected chi connectivity index (χ4v) is 3.26. The van der Waals surface area contributed by atoms with Gasteiger partial charge in [0.2, 0.25) is 0 Å². The Balaban J connectivity index is 2.32. The highest BCUT2D eigenvalue weighted by Gasteiger charge is 2.66. The van der Waals surface area contributed by atoms with Gasteiger partial charge in [-0.2, -0.15) is 0 Å². The maximum absolute atomic E-state index is 5.33. The summed E-state index contributed by atoms with van der Waals surface area (Å²) in [6.07, 6.45) is 8.24. The summed E-state index contributed by atoms with van der Waals surface area (Å²) < 4.78 is 5.36. The zero-order valence-electron chi connectivity index (χ0n) is 5.50. The molecule has 2 aliphatic rings. The van der Waals surface area contributed by atoms with Crippen LogP contribution in [0.15, 0.2) is 24.3 Å². The molecule has 3 heteroatoms. The maximum Gasteiger partial charge on any atom is 0.162 e. The molecule has 2 atom stereocenters. The van der Waals surface area contributed by atoms with E-state index in [0.29, 0.717) is 0 Å². The molecule has 0 radical (unpaired) electrons. The number of allylic oxidation sites excluding steroid dienone is 2. The molecule has 0 amide bonds. The summed E-state index contributed by atoms with van der Waals surface area (Å²) in [5, 5.41) is 0. The molecule has 0 bridgehead atoms. The van der Waals surface area contributed by atoms with Crippen LogP contribution in [-0.4, -0.2) is 15.7 Å². The number of halogens is 1. The Hall–Kier alpha value is 0.270. The second-order valence-corrected chi connectivity index (χ2v) is 5.57. The Morgan fingerprint density at radius 1 is 1.40 bits per heavy atom. The van der Waals surface area contributed by atoms with E-state index in [9.17, 15) is 0 Å².